The number of esters is 2. The van der Waals surface area contributed by atoms with E-state index in [0.717, 1.165) is 60.7 Å². The van der Waals surface area contributed by atoms with Gasteiger partial charge in [-0.15, -0.1) is 26.3 Å². The molecule has 2 aliphatic rings. The lowest BCUT2D eigenvalue weighted by atomic mass is 9.70. The second kappa shape index (κ2) is 19.7. The van der Waals surface area contributed by atoms with Crippen LogP contribution in [0.15, 0.2) is 72.8 Å². The van der Waals surface area contributed by atoms with E-state index in [-0.39, 0.29) is 34.4 Å². The molecule has 0 amide bonds. The number of rotatable bonds is 10. The highest BCUT2D eigenvalue weighted by atomic mass is 19.4. The molecule has 376 valence electrons. The van der Waals surface area contributed by atoms with E-state index < -0.39 is 24.7 Å². The number of fused-ring (bicyclic) bond motifs is 2. The fourth-order valence-corrected chi connectivity index (χ4v) is 10.8. The molecule has 6 aromatic rings. The number of hydrogen-bond acceptors (Lipinski definition) is 10. The minimum absolute atomic E-state index is 0.147. The van der Waals surface area contributed by atoms with Crippen molar-refractivity contribution in [3.63, 3.8) is 0 Å². The lowest BCUT2D eigenvalue weighted by Crippen LogP contribution is -2.29. The van der Waals surface area contributed by atoms with Crippen LogP contribution in [0.25, 0.3) is 22.1 Å². The molecule has 2 aliphatic carbocycles. The Hall–Kier alpha value is -6.46. The smallest absolute Gasteiger partial charge is 0.465 e. The maximum atomic E-state index is 12.5. The third-order valence-electron chi connectivity index (χ3n) is 13.0. The molecule has 0 aliphatic heterocycles. The minimum Gasteiger partial charge on any atom is -0.465 e. The molecule has 8 rings (SSSR count). The van der Waals surface area contributed by atoms with Crippen molar-refractivity contribution in [2.24, 2.45) is 22.7 Å². The van der Waals surface area contributed by atoms with Crippen LogP contribution in [-0.2, 0) is 9.47 Å². The summed E-state index contributed by atoms with van der Waals surface area (Å²) in [4.78, 5) is 34.1. The van der Waals surface area contributed by atoms with Crippen LogP contribution in [-0.4, -0.2) is 58.0 Å². The molecule has 70 heavy (non-hydrogen) atoms. The normalized spacial score (nSPS) is 20.0. The van der Waals surface area contributed by atoms with Gasteiger partial charge in [0.05, 0.1) is 47.4 Å². The molecular formula is C52H60F6N6O6. The van der Waals surface area contributed by atoms with Crippen LogP contribution in [0, 0.1) is 36.5 Å². The van der Waals surface area contributed by atoms with Crippen molar-refractivity contribution < 1.29 is 54.9 Å². The summed E-state index contributed by atoms with van der Waals surface area (Å²) >= 11 is 0. The van der Waals surface area contributed by atoms with E-state index in [2.05, 4.69) is 70.8 Å². The zero-order valence-electron chi connectivity index (χ0n) is 41.0. The first-order chi connectivity index (χ1) is 32.7. The van der Waals surface area contributed by atoms with Crippen molar-refractivity contribution in [3.05, 3.63) is 95.1 Å². The highest BCUT2D eigenvalue weighted by Gasteiger charge is 2.37. The number of nitrogens with one attached hydrogen (secondary N) is 2. The number of carbonyl (C=O) groups is 2. The zero-order valence-corrected chi connectivity index (χ0v) is 41.0. The van der Waals surface area contributed by atoms with Crippen LogP contribution < -0.4 is 20.1 Å². The molecule has 0 bridgehead atoms. The standard InChI is InChI=1S/2C26H30F3N3O3/c2*1-15-10-18(14-25(3,4)13-15)32-22-11-16(2)20(23(33)34-5)12-21(22)31-24(32)30-17-6-8-19(9-7-17)35-26(27,28)29/h2*6-9,11-12,15,18H,10,13-14H2,1-5H3,(H,30,31)/t2*15-,18+/m10/s1. The lowest BCUT2D eigenvalue weighted by molar-refractivity contribution is -0.275. The van der Waals surface area contributed by atoms with Crippen molar-refractivity contribution in [2.75, 3.05) is 24.9 Å². The molecule has 4 aromatic carbocycles. The number of halogens is 6. The minimum atomic E-state index is -4.75. The predicted octanol–water partition coefficient (Wildman–Crippen LogP) is 14.3. The van der Waals surface area contributed by atoms with Crippen molar-refractivity contribution in [2.45, 2.75) is 119 Å². The Morgan fingerprint density at radius 2 is 0.929 bits per heavy atom. The van der Waals surface area contributed by atoms with Crippen LogP contribution in [0.5, 0.6) is 11.5 Å². The van der Waals surface area contributed by atoms with Gasteiger partial charge in [-0.3, -0.25) is 0 Å². The number of carbonyl (C=O) groups excluding carboxylic acids is 2. The number of anilines is 4. The fourth-order valence-electron chi connectivity index (χ4n) is 10.8. The van der Waals surface area contributed by atoms with Crippen LogP contribution in [0.3, 0.4) is 0 Å². The number of aryl methyl sites for hydroxylation is 2. The van der Waals surface area contributed by atoms with E-state index in [9.17, 15) is 35.9 Å². The van der Waals surface area contributed by atoms with Crippen molar-refractivity contribution in [1.82, 2.24) is 19.1 Å². The molecule has 2 aromatic heterocycles. The Morgan fingerprint density at radius 1 is 0.586 bits per heavy atom. The SMILES string of the molecule is COC(=O)c1cc2nc(Nc3ccc(OC(F)(F)F)cc3)n([C@@H]3C[C@H](C)CC(C)(C)C3)c2cc1C.COC(=O)c1cc2nc(Nc3ccc(OC(F)(F)F)cc3)n([C@H]3C[C@@H](C)CC(C)(C)C3)c2cc1C. The second-order valence-corrected chi connectivity index (χ2v) is 20.4. The molecular weight excluding hydrogens is 919 g/mol. The first-order valence-corrected chi connectivity index (χ1v) is 23.2. The number of ether oxygens (including phenoxy) is 4. The summed E-state index contributed by atoms with van der Waals surface area (Å²) in [6, 6.07) is 18.8. The van der Waals surface area contributed by atoms with Gasteiger partial charge in [0.15, 0.2) is 0 Å². The molecule has 2 fully saturated rings. The Balaban J connectivity index is 0.000000206. The number of nitrogens with zero attached hydrogens (tertiary/aromatic N) is 4. The predicted molar refractivity (Wildman–Crippen MR) is 256 cm³/mol. The van der Waals surface area contributed by atoms with Crippen LogP contribution in [0.4, 0.5) is 49.6 Å². The van der Waals surface area contributed by atoms with Crippen LogP contribution >= 0.6 is 0 Å². The topological polar surface area (TPSA) is 131 Å². The average molecular weight is 979 g/mol. The third-order valence-corrected chi connectivity index (χ3v) is 13.0. The highest BCUT2D eigenvalue weighted by molar-refractivity contribution is 5.97. The number of hydrogen-bond donors (Lipinski definition) is 2. The highest BCUT2D eigenvalue weighted by Crippen LogP contribution is 2.48. The molecule has 2 heterocycles. The fraction of sp³-hybridized carbons (Fsp3) is 0.462. The molecule has 0 unspecified atom stereocenters. The van der Waals surface area contributed by atoms with Gasteiger partial charge < -0.3 is 38.7 Å². The number of benzene rings is 4. The van der Waals surface area contributed by atoms with E-state index in [4.69, 9.17) is 19.4 Å². The van der Waals surface area contributed by atoms with Gasteiger partial charge in [-0.25, -0.2) is 19.6 Å². The Morgan fingerprint density at radius 3 is 1.23 bits per heavy atom. The molecule has 18 heteroatoms. The molecule has 12 nitrogen and oxygen atoms in total. The van der Waals surface area contributed by atoms with E-state index >= 15 is 0 Å². The number of methoxy groups -OCH3 is 2. The van der Waals surface area contributed by atoms with Gasteiger partial charge in [-0.2, -0.15) is 0 Å². The van der Waals surface area contributed by atoms with E-state index in [0.29, 0.717) is 57.3 Å². The number of imidazole rings is 2. The summed E-state index contributed by atoms with van der Waals surface area (Å²) in [7, 11) is 2.68. The molecule has 4 atom stereocenters. The molecule has 2 saturated carbocycles. The van der Waals surface area contributed by atoms with E-state index in [1.165, 1.54) is 62.8 Å². The summed E-state index contributed by atoms with van der Waals surface area (Å²) in [5.41, 5.74) is 6.98. The van der Waals surface area contributed by atoms with Crippen molar-refractivity contribution in [3.8, 4) is 11.5 Å². The zero-order chi connectivity index (χ0) is 51.1. The summed E-state index contributed by atoms with van der Waals surface area (Å²) in [5, 5.41) is 6.55. The van der Waals surface area contributed by atoms with Crippen molar-refractivity contribution in [1.29, 1.82) is 0 Å². The summed E-state index contributed by atoms with van der Waals surface area (Å²) in [6.45, 7) is 17.3. The summed E-state index contributed by atoms with van der Waals surface area (Å²) in [6.07, 6.45) is -3.39. The van der Waals surface area contributed by atoms with Gasteiger partial charge in [0.1, 0.15) is 11.5 Å². The maximum absolute atomic E-state index is 12.5. The molecule has 0 radical (unpaired) electrons. The Kier molecular flexibility index (Phi) is 14.5. The largest absolute Gasteiger partial charge is 0.573 e. The van der Waals surface area contributed by atoms with Gasteiger partial charge in [0.25, 0.3) is 0 Å². The van der Waals surface area contributed by atoms with Crippen molar-refractivity contribution >= 4 is 57.3 Å². The average Bonchev–Trinajstić information content (AvgIpc) is 3.77. The van der Waals surface area contributed by atoms with Gasteiger partial charge in [-0.1, -0.05) is 41.5 Å². The Bertz CT molecular complexity index is 2660. The van der Waals surface area contributed by atoms with E-state index in [1.807, 2.05) is 26.0 Å². The van der Waals surface area contributed by atoms with Gasteiger partial charge in [0, 0.05) is 23.5 Å². The Labute approximate surface area is 403 Å². The summed E-state index contributed by atoms with van der Waals surface area (Å²) < 4.78 is 97.3. The third kappa shape index (κ3) is 12.3. The molecule has 2 N–H and O–H groups in total. The number of aromatic nitrogens is 4. The molecule has 0 spiro atoms. The first kappa shape index (κ1) is 51.4. The summed E-state index contributed by atoms with van der Waals surface area (Å²) in [5.74, 6) is 0.728. The molecule has 0 saturated heterocycles. The van der Waals surface area contributed by atoms with Gasteiger partial charge in [-0.05, 0) is 159 Å². The van der Waals surface area contributed by atoms with Gasteiger partial charge in [0.2, 0.25) is 11.9 Å². The maximum Gasteiger partial charge on any atom is 0.573 e. The van der Waals surface area contributed by atoms with E-state index in [1.54, 1.807) is 12.1 Å². The first-order valence-electron chi connectivity index (χ1n) is 23.2. The quantitative estimate of drug-likeness (QED) is 0.101. The lowest BCUT2D eigenvalue weighted by Gasteiger charge is -2.40. The monoisotopic (exact) mass is 978 g/mol. The van der Waals surface area contributed by atoms with Crippen LogP contribution in [0.1, 0.15) is 124 Å². The number of alkyl halides is 6. The van der Waals surface area contributed by atoms with Gasteiger partial charge >= 0.3 is 24.7 Å². The van der Waals surface area contributed by atoms with Crippen LogP contribution in [0.2, 0.25) is 0 Å². The second-order valence-electron chi connectivity index (χ2n) is 20.4.